The Bertz CT molecular complexity index is 119. The SMILES string of the molecule is CCCC1CC(CCC)CN(C)C1. The molecule has 0 aromatic heterocycles. The molecule has 2 unspecified atom stereocenters. The van der Waals surface area contributed by atoms with Gasteiger partial charge in [0.25, 0.3) is 0 Å². The first-order valence-electron chi connectivity index (χ1n) is 5.94. The van der Waals surface area contributed by atoms with Crippen LogP contribution >= 0.6 is 0 Å². The molecule has 13 heavy (non-hydrogen) atoms. The maximum atomic E-state index is 2.53. The van der Waals surface area contributed by atoms with Gasteiger partial charge in [0.15, 0.2) is 0 Å². The summed E-state index contributed by atoms with van der Waals surface area (Å²) in [5.74, 6) is 1.97. The fourth-order valence-corrected chi connectivity index (χ4v) is 2.81. The molecule has 0 radical (unpaired) electrons. The van der Waals surface area contributed by atoms with E-state index in [2.05, 4.69) is 25.8 Å². The van der Waals surface area contributed by atoms with E-state index in [1.807, 2.05) is 0 Å². The molecule has 0 bridgehead atoms. The number of rotatable bonds is 4. The highest BCUT2D eigenvalue weighted by atomic mass is 15.1. The summed E-state index contributed by atoms with van der Waals surface area (Å²) in [4.78, 5) is 2.53. The second kappa shape index (κ2) is 5.64. The van der Waals surface area contributed by atoms with E-state index in [1.54, 1.807) is 0 Å². The van der Waals surface area contributed by atoms with E-state index in [1.165, 1.54) is 45.2 Å². The molecule has 1 nitrogen and oxygen atoms in total. The van der Waals surface area contributed by atoms with Crippen LogP contribution in [0.15, 0.2) is 0 Å². The van der Waals surface area contributed by atoms with E-state index in [4.69, 9.17) is 0 Å². The Morgan fingerprint density at radius 2 is 1.46 bits per heavy atom. The molecule has 0 saturated carbocycles. The third kappa shape index (κ3) is 3.68. The van der Waals surface area contributed by atoms with Crippen molar-refractivity contribution in [1.29, 1.82) is 0 Å². The van der Waals surface area contributed by atoms with Crippen molar-refractivity contribution in [3.05, 3.63) is 0 Å². The molecule has 78 valence electrons. The molecule has 0 aromatic carbocycles. The fraction of sp³-hybridized carbons (Fsp3) is 1.00. The average molecular weight is 183 g/mol. The summed E-state index contributed by atoms with van der Waals surface area (Å²) in [5, 5.41) is 0. The summed E-state index contributed by atoms with van der Waals surface area (Å²) in [5.41, 5.74) is 0. The standard InChI is InChI=1S/C12H25N/c1-4-6-11-8-12(7-5-2)10-13(3)9-11/h11-12H,4-10H2,1-3H3. The van der Waals surface area contributed by atoms with Crippen molar-refractivity contribution in [3.8, 4) is 0 Å². The summed E-state index contributed by atoms with van der Waals surface area (Å²) in [6.07, 6.45) is 7.08. The molecule has 0 aromatic rings. The predicted octanol–water partition coefficient (Wildman–Crippen LogP) is 3.15. The van der Waals surface area contributed by atoms with Gasteiger partial charge in [0.05, 0.1) is 0 Å². The van der Waals surface area contributed by atoms with Gasteiger partial charge in [0, 0.05) is 13.1 Å². The van der Waals surface area contributed by atoms with Gasteiger partial charge in [-0.3, -0.25) is 0 Å². The number of likely N-dealkylation sites (tertiary alicyclic amines) is 1. The van der Waals surface area contributed by atoms with Crippen molar-refractivity contribution in [1.82, 2.24) is 4.90 Å². The van der Waals surface area contributed by atoms with Crippen molar-refractivity contribution in [2.24, 2.45) is 11.8 Å². The summed E-state index contributed by atoms with van der Waals surface area (Å²) in [6, 6.07) is 0. The molecule has 0 spiro atoms. The zero-order chi connectivity index (χ0) is 9.68. The van der Waals surface area contributed by atoms with E-state index in [0.717, 1.165) is 11.8 Å². The highest BCUT2D eigenvalue weighted by Gasteiger charge is 2.23. The Hall–Kier alpha value is -0.0400. The predicted molar refractivity (Wildman–Crippen MR) is 58.9 cm³/mol. The van der Waals surface area contributed by atoms with Gasteiger partial charge in [-0.1, -0.05) is 26.7 Å². The van der Waals surface area contributed by atoms with Crippen LogP contribution in [-0.4, -0.2) is 25.0 Å². The molecule has 1 saturated heterocycles. The Labute approximate surface area is 83.5 Å². The van der Waals surface area contributed by atoms with Gasteiger partial charge in [-0.2, -0.15) is 0 Å². The maximum absolute atomic E-state index is 2.53. The molecule has 1 heterocycles. The van der Waals surface area contributed by atoms with E-state index >= 15 is 0 Å². The van der Waals surface area contributed by atoms with Crippen molar-refractivity contribution >= 4 is 0 Å². The molecule has 0 N–H and O–H groups in total. The number of nitrogens with zero attached hydrogens (tertiary/aromatic N) is 1. The first-order valence-corrected chi connectivity index (χ1v) is 5.94. The number of hydrogen-bond donors (Lipinski definition) is 0. The quantitative estimate of drug-likeness (QED) is 0.647. The van der Waals surface area contributed by atoms with Gasteiger partial charge < -0.3 is 4.90 Å². The summed E-state index contributed by atoms with van der Waals surface area (Å²) >= 11 is 0. The van der Waals surface area contributed by atoms with Crippen LogP contribution in [0, 0.1) is 11.8 Å². The van der Waals surface area contributed by atoms with Gasteiger partial charge in [-0.15, -0.1) is 0 Å². The Kier molecular flexibility index (Phi) is 4.79. The lowest BCUT2D eigenvalue weighted by atomic mass is 9.84. The monoisotopic (exact) mass is 183 g/mol. The molecular formula is C12H25N. The molecule has 2 atom stereocenters. The molecule has 1 fully saturated rings. The molecular weight excluding hydrogens is 158 g/mol. The molecule has 1 aliphatic heterocycles. The summed E-state index contributed by atoms with van der Waals surface area (Å²) < 4.78 is 0. The van der Waals surface area contributed by atoms with Crippen LogP contribution in [0.2, 0.25) is 0 Å². The zero-order valence-corrected chi connectivity index (χ0v) is 9.55. The van der Waals surface area contributed by atoms with E-state index in [0.29, 0.717) is 0 Å². The minimum absolute atomic E-state index is 0.986. The van der Waals surface area contributed by atoms with Crippen LogP contribution in [0.3, 0.4) is 0 Å². The molecule has 1 heteroatoms. The van der Waals surface area contributed by atoms with Gasteiger partial charge in [-0.25, -0.2) is 0 Å². The second-order valence-corrected chi connectivity index (χ2v) is 4.77. The average Bonchev–Trinajstić information content (AvgIpc) is 2.04. The smallest absolute Gasteiger partial charge is 0.000683 e. The van der Waals surface area contributed by atoms with Gasteiger partial charge in [0.2, 0.25) is 0 Å². The van der Waals surface area contributed by atoms with Crippen LogP contribution in [0.1, 0.15) is 46.0 Å². The van der Waals surface area contributed by atoms with Crippen molar-refractivity contribution in [2.45, 2.75) is 46.0 Å². The molecule has 1 aliphatic rings. The summed E-state index contributed by atoms with van der Waals surface area (Å²) in [6.45, 7) is 7.30. The topological polar surface area (TPSA) is 3.24 Å². The third-order valence-electron chi connectivity index (χ3n) is 3.20. The molecule has 0 amide bonds. The van der Waals surface area contributed by atoms with Crippen LogP contribution in [0.4, 0.5) is 0 Å². The van der Waals surface area contributed by atoms with Crippen LogP contribution < -0.4 is 0 Å². The third-order valence-corrected chi connectivity index (χ3v) is 3.20. The van der Waals surface area contributed by atoms with E-state index in [9.17, 15) is 0 Å². The van der Waals surface area contributed by atoms with Gasteiger partial charge >= 0.3 is 0 Å². The van der Waals surface area contributed by atoms with E-state index in [-0.39, 0.29) is 0 Å². The molecule has 1 rings (SSSR count). The van der Waals surface area contributed by atoms with Crippen molar-refractivity contribution in [3.63, 3.8) is 0 Å². The van der Waals surface area contributed by atoms with Gasteiger partial charge in [-0.05, 0) is 38.1 Å². The first-order chi connectivity index (χ1) is 6.26. The number of hydrogen-bond acceptors (Lipinski definition) is 1. The highest BCUT2D eigenvalue weighted by molar-refractivity contribution is 4.76. The Morgan fingerprint density at radius 1 is 1.00 bits per heavy atom. The minimum Gasteiger partial charge on any atom is -0.306 e. The normalized spacial score (nSPS) is 30.7. The van der Waals surface area contributed by atoms with Crippen LogP contribution in [0.25, 0.3) is 0 Å². The van der Waals surface area contributed by atoms with Crippen molar-refractivity contribution < 1.29 is 0 Å². The zero-order valence-electron chi connectivity index (χ0n) is 9.55. The van der Waals surface area contributed by atoms with Crippen LogP contribution in [-0.2, 0) is 0 Å². The lowest BCUT2D eigenvalue weighted by molar-refractivity contribution is 0.139. The highest BCUT2D eigenvalue weighted by Crippen LogP contribution is 2.27. The maximum Gasteiger partial charge on any atom is 0.000683 e. The van der Waals surface area contributed by atoms with Crippen molar-refractivity contribution in [2.75, 3.05) is 20.1 Å². The van der Waals surface area contributed by atoms with Gasteiger partial charge in [0.1, 0.15) is 0 Å². The Morgan fingerprint density at radius 3 is 1.85 bits per heavy atom. The fourth-order valence-electron chi connectivity index (χ4n) is 2.81. The molecule has 0 aliphatic carbocycles. The second-order valence-electron chi connectivity index (χ2n) is 4.77. The van der Waals surface area contributed by atoms with Crippen LogP contribution in [0.5, 0.6) is 0 Å². The largest absolute Gasteiger partial charge is 0.306 e. The van der Waals surface area contributed by atoms with E-state index < -0.39 is 0 Å². The first kappa shape index (κ1) is 11.0. The minimum atomic E-state index is 0.986. The lowest BCUT2D eigenvalue weighted by Crippen LogP contribution is -2.37. The summed E-state index contributed by atoms with van der Waals surface area (Å²) in [7, 11) is 2.28. The number of piperidine rings is 1. The lowest BCUT2D eigenvalue weighted by Gasteiger charge is -2.35. The Balaban J connectivity index is 2.33.